The number of hydrogen-bond donors (Lipinski definition) is 0. The lowest BCUT2D eigenvalue weighted by molar-refractivity contribution is -0.666. The van der Waals surface area contributed by atoms with Crippen LogP contribution >= 0.6 is 0 Å². The summed E-state index contributed by atoms with van der Waals surface area (Å²) in [6.45, 7) is -0.696. The summed E-state index contributed by atoms with van der Waals surface area (Å²) in [6.07, 6.45) is 0.346. The predicted octanol–water partition coefficient (Wildman–Crippen LogP) is -1.64. The Bertz CT molecular complexity index is 259. The van der Waals surface area contributed by atoms with Crippen LogP contribution in [0.4, 0.5) is 0 Å². The van der Waals surface area contributed by atoms with E-state index in [-0.39, 0.29) is 26.4 Å². The van der Waals surface area contributed by atoms with E-state index in [1.165, 1.54) is 0 Å². The summed E-state index contributed by atoms with van der Waals surface area (Å²) in [4.78, 5) is 32.3. The van der Waals surface area contributed by atoms with Gasteiger partial charge in [-0.05, 0) is 0 Å². The molecule has 1 aliphatic rings. The fourth-order valence-corrected chi connectivity index (χ4v) is 1.17. The molecule has 0 unspecified atom stereocenters. The van der Waals surface area contributed by atoms with E-state index in [1.807, 2.05) is 0 Å². The number of carbonyl (C=O) groups is 1. The van der Waals surface area contributed by atoms with Crippen LogP contribution in [-0.4, -0.2) is 57.8 Å². The van der Waals surface area contributed by atoms with Crippen LogP contribution in [0.3, 0.4) is 0 Å². The van der Waals surface area contributed by atoms with Gasteiger partial charge in [-0.3, -0.25) is 9.69 Å². The molecule has 0 saturated carbocycles. The highest BCUT2D eigenvalue weighted by molar-refractivity contribution is 5.46. The normalized spacial score (nSPS) is 17.2. The van der Waals surface area contributed by atoms with Gasteiger partial charge in [0.2, 0.25) is 6.41 Å². The predicted molar refractivity (Wildman–Crippen MR) is 45.0 cm³/mol. The average Bonchev–Trinajstić information content (AvgIpc) is 2.39. The average molecular weight is 219 g/mol. The van der Waals surface area contributed by atoms with Gasteiger partial charge in [0.1, 0.15) is 13.1 Å². The second-order valence-corrected chi connectivity index (χ2v) is 2.91. The number of hydrogen-bond acceptors (Lipinski definition) is 5. The van der Waals surface area contributed by atoms with Crippen LogP contribution in [0.2, 0.25) is 0 Å². The Balaban J connectivity index is 2.71. The van der Waals surface area contributed by atoms with Crippen molar-refractivity contribution in [2.24, 2.45) is 0 Å². The molecule has 0 aliphatic carbocycles. The summed E-state index contributed by atoms with van der Waals surface area (Å²) in [5.74, 6) is 0. The second kappa shape index (κ2) is 4.39. The van der Waals surface area contributed by atoms with E-state index in [9.17, 15) is 25.0 Å². The summed E-state index contributed by atoms with van der Waals surface area (Å²) >= 11 is 0. The fraction of sp³-hybridized carbons (Fsp3) is 0.800. The van der Waals surface area contributed by atoms with Gasteiger partial charge in [-0.15, -0.1) is 10.0 Å². The Morgan fingerprint density at radius 2 is 1.40 bits per heavy atom. The molecular weight excluding hydrogens is 210 g/mol. The lowest BCUT2D eigenvalue weighted by Gasteiger charge is -2.17. The molecule has 15 heavy (non-hydrogen) atoms. The molecule has 0 bridgehead atoms. The number of hydrazine groups is 2. The van der Waals surface area contributed by atoms with Gasteiger partial charge >= 0.3 is 0 Å². The van der Waals surface area contributed by atoms with Crippen molar-refractivity contribution in [2.45, 2.75) is 0 Å². The Kier molecular flexibility index (Phi) is 3.21. The van der Waals surface area contributed by atoms with Crippen molar-refractivity contribution in [1.29, 1.82) is 0 Å². The van der Waals surface area contributed by atoms with E-state index < -0.39 is 10.1 Å². The molecule has 0 N–H and O–H groups in total. The van der Waals surface area contributed by atoms with Crippen molar-refractivity contribution in [1.82, 2.24) is 14.9 Å². The van der Waals surface area contributed by atoms with E-state index >= 15 is 0 Å². The molecule has 0 atom stereocenters. The van der Waals surface area contributed by atoms with Crippen LogP contribution in [0.5, 0.6) is 0 Å². The molecule has 0 spiro atoms. The maximum Gasteiger partial charge on any atom is 0.212 e. The standard InChI is InChI=1S/C5H9N5O5/c11-5-6-3-7(9(12)13)1-2-8(4-6)10(14)15/h5H,1-4H2. The van der Waals surface area contributed by atoms with Gasteiger partial charge in [0.15, 0.2) is 23.4 Å². The molecule has 1 rings (SSSR count). The first-order valence-electron chi connectivity index (χ1n) is 4.02. The summed E-state index contributed by atoms with van der Waals surface area (Å²) in [7, 11) is 0. The Hall–Kier alpha value is -2.13. The molecule has 1 amide bonds. The van der Waals surface area contributed by atoms with Crippen molar-refractivity contribution in [2.75, 3.05) is 26.4 Å². The molecule has 1 aliphatic heterocycles. The number of nitro groups is 2. The van der Waals surface area contributed by atoms with Crippen molar-refractivity contribution in [3.8, 4) is 0 Å². The third-order valence-electron chi connectivity index (χ3n) is 1.92. The van der Waals surface area contributed by atoms with Crippen LogP contribution < -0.4 is 0 Å². The largest absolute Gasteiger partial charge is 0.299 e. The zero-order valence-electron chi connectivity index (χ0n) is 7.68. The smallest absolute Gasteiger partial charge is 0.212 e. The molecule has 10 heteroatoms. The molecular formula is C5H9N5O5. The van der Waals surface area contributed by atoms with E-state index in [0.29, 0.717) is 6.41 Å². The molecule has 0 aromatic carbocycles. The molecule has 1 heterocycles. The highest BCUT2D eigenvalue weighted by Gasteiger charge is 2.29. The summed E-state index contributed by atoms with van der Waals surface area (Å²) < 4.78 is 0. The van der Waals surface area contributed by atoms with E-state index in [2.05, 4.69) is 0 Å². The zero-order valence-corrected chi connectivity index (χ0v) is 7.68. The first kappa shape index (κ1) is 10.9. The van der Waals surface area contributed by atoms with Crippen molar-refractivity contribution in [3.05, 3.63) is 20.2 Å². The van der Waals surface area contributed by atoms with Crippen LogP contribution in [0.15, 0.2) is 0 Å². The molecule has 1 fully saturated rings. The maximum atomic E-state index is 10.5. The van der Waals surface area contributed by atoms with Gasteiger partial charge in [-0.25, -0.2) is 20.2 Å². The van der Waals surface area contributed by atoms with E-state index in [0.717, 1.165) is 14.9 Å². The Labute approximate surface area is 83.9 Å². The topological polar surface area (TPSA) is 113 Å². The number of nitrogens with zero attached hydrogens (tertiary/aromatic N) is 5. The summed E-state index contributed by atoms with van der Waals surface area (Å²) in [5.41, 5.74) is 0. The lowest BCUT2D eigenvalue weighted by Crippen LogP contribution is -2.40. The first-order valence-corrected chi connectivity index (χ1v) is 4.02. The molecule has 1 saturated heterocycles. The SMILES string of the molecule is O=CN1CN([N+](=O)[O-])CCN([N+](=O)[O-])C1. The minimum Gasteiger partial charge on any atom is -0.299 e. The first-order chi connectivity index (χ1) is 7.04. The minimum absolute atomic E-state index is 0.0989. The highest BCUT2D eigenvalue weighted by Crippen LogP contribution is 2.02. The van der Waals surface area contributed by atoms with Gasteiger partial charge in [0.05, 0.1) is 0 Å². The number of amides is 1. The summed E-state index contributed by atoms with van der Waals surface area (Å²) in [6, 6.07) is 0. The maximum absolute atomic E-state index is 10.5. The van der Waals surface area contributed by atoms with Crippen LogP contribution in [0.1, 0.15) is 0 Å². The van der Waals surface area contributed by atoms with E-state index in [1.54, 1.807) is 0 Å². The number of rotatable bonds is 3. The monoisotopic (exact) mass is 219 g/mol. The van der Waals surface area contributed by atoms with Gasteiger partial charge < -0.3 is 0 Å². The molecule has 0 radical (unpaired) electrons. The van der Waals surface area contributed by atoms with Gasteiger partial charge in [0, 0.05) is 0 Å². The van der Waals surface area contributed by atoms with Gasteiger partial charge in [0.25, 0.3) is 0 Å². The van der Waals surface area contributed by atoms with E-state index in [4.69, 9.17) is 0 Å². The van der Waals surface area contributed by atoms with Crippen LogP contribution in [0.25, 0.3) is 0 Å². The minimum atomic E-state index is -0.681. The Morgan fingerprint density at radius 1 is 1.00 bits per heavy atom. The lowest BCUT2D eigenvalue weighted by atomic mass is 10.6. The second-order valence-electron chi connectivity index (χ2n) is 2.91. The highest BCUT2D eigenvalue weighted by atomic mass is 16.7. The van der Waals surface area contributed by atoms with Gasteiger partial charge in [-0.2, -0.15) is 0 Å². The zero-order chi connectivity index (χ0) is 11.4. The third kappa shape index (κ3) is 2.65. The molecule has 84 valence electrons. The third-order valence-corrected chi connectivity index (χ3v) is 1.92. The van der Waals surface area contributed by atoms with Crippen molar-refractivity contribution in [3.63, 3.8) is 0 Å². The molecule has 10 nitrogen and oxygen atoms in total. The fourth-order valence-electron chi connectivity index (χ4n) is 1.17. The van der Waals surface area contributed by atoms with Crippen molar-refractivity contribution < 1.29 is 14.9 Å². The quantitative estimate of drug-likeness (QED) is 0.317. The van der Waals surface area contributed by atoms with Crippen molar-refractivity contribution >= 4 is 6.41 Å². The Morgan fingerprint density at radius 3 is 1.67 bits per heavy atom. The number of carbonyl (C=O) groups excluding carboxylic acids is 1. The molecule has 0 aromatic rings. The summed E-state index contributed by atoms with van der Waals surface area (Å²) in [5, 5.41) is 21.0. The van der Waals surface area contributed by atoms with Gasteiger partial charge in [-0.1, -0.05) is 0 Å². The van der Waals surface area contributed by atoms with Crippen LogP contribution in [0, 0.1) is 20.2 Å². The molecule has 0 aromatic heterocycles. The van der Waals surface area contributed by atoms with Crippen LogP contribution in [-0.2, 0) is 4.79 Å².